The monoisotopic (exact) mass is 360 g/mol. The van der Waals surface area contributed by atoms with Crippen molar-refractivity contribution < 1.29 is 17.9 Å². The second-order valence-corrected chi connectivity index (χ2v) is 6.72. The molecule has 1 aromatic rings. The molecule has 0 unspecified atom stereocenters. The van der Waals surface area contributed by atoms with Crippen LogP contribution in [0.5, 0.6) is 0 Å². The van der Waals surface area contributed by atoms with Crippen molar-refractivity contribution in [2.75, 3.05) is 6.61 Å². The molecule has 0 aromatic heterocycles. The van der Waals surface area contributed by atoms with Gasteiger partial charge in [-0.25, -0.2) is 13.2 Å². The van der Waals surface area contributed by atoms with Gasteiger partial charge in [0.1, 0.15) is 4.90 Å². The molecule has 0 saturated heterocycles. The highest BCUT2D eigenvalue weighted by atomic mass is 79.9. The first-order valence-corrected chi connectivity index (χ1v) is 7.86. The highest BCUT2D eigenvalue weighted by Gasteiger charge is 2.25. The van der Waals surface area contributed by atoms with Crippen LogP contribution in [-0.4, -0.2) is 21.0 Å². The summed E-state index contributed by atoms with van der Waals surface area (Å²) >= 11 is 8.74. The Labute approximate surface area is 116 Å². The smallest absolute Gasteiger partial charge is 0.339 e. The molecule has 0 heterocycles. The first-order valence-electron chi connectivity index (χ1n) is 4.38. The molecule has 1 aromatic carbocycles. The largest absolute Gasteiger partial charge is 0.462 e. The van der Waals surface area contributed by atoms with E-state index in [4.69, 9.17) is 27.0 Å². The van der Waals surface area contributed by atoms with Crippen LogP contribution in [0.1, 0.15) is 17.3 Å². The van der Waals surface area contributed by atoms with Gasteiger partial charge in [-0.1, -0.05) is 11.6 Å². The van der Waals surface area contributed by atoms with Crippen LogP contribution in [0, 0.1) is 0 Å². The normalized spacial score (nSPS) is 11.3. The molecule has 0 radical (unpaired) electrons. The van der Waals surface area contributed by atoms with Gasteiger partial charge >= 0.3 is 5.97 Å². The minimum absolute atomic E-state index is 0.114. The Kier molecular flexibility index (Phi) is 4.83. The highest BCUT2D eigenvalue weighted by Crippen LogP contribution is 2.32. The molecular weight excluding hydrogens is 355 g/mol. The number of carbonyl (C=O) groups is 1. The highest BCUT2D eigenvalue weighted by molar-refractivity contribution is 9.10. The van der Waals surface area contributed by atoms with Crippen molar-refractivity contribution in [1.29, 1.82) is 0 Å². The van der Waals surface area contributed by atoms with Gasteiger partial charge in [-0.3, -0.25) is 0 Å². The summed E-state index contributed by atoms with van der Waals surface area (Å²) in [7, 11) is 1.18. The van der Waals surface area contributed by atoms with Crippen molar-refractivity contribution in [3.05, 3.63) is 27.2 Å². The number of hydrogen-bond acceptors (Lipinski definition) is 4. The lowest BCUT2D eigenvalue weighted by Crippen LogP contribution is -2.10. The fraction of sp³-hybridized carbons (Fsp3) is 0.222. The Balaban J connectivity index is 3.52. The predicted octanol–water partition coefficient (Wildman–Crippen LogP) is 3.21. The van der Waals surface area contributed by atoms with E-state index >= 15 is 0 Å². The van der Waals surface area contributed by atoms with Crippen molar-refractivity contribution in [3.63, 3.8) is 0 Å². The molecule has 8 heteroatoms. The van der Waals surface area contributed by atoms with Crippen molar-refractivity contribution in [1.82, 2.24) is 0 Å². The van der Waals surface area contributed by atoms with E-state index in [9.17, 15) is 13.2 Å². The molecule has 0 atom stereocenters. The fourth-order valence-corrected chi connectivity index (χ4v) is 4.09. The summed E-state index contributed by atoms with van der Waals surface area (Å²) < 4.78 is 27.6. The molecular formula is C9H7BrCl2O4S. The third-order valence-electron chi connectivity index (χ3n) is 1.75. The third-order valence-corrected chi connectivity index (χ3v) is 4.24. The number of halogens is 3. The number of rotatable bonds is 3. The Morgan fingerprint density at radius 3 is 2.53 bits per heavy atom. The maximum atomic E-state index is 11.6. The molecule has 0 saturated carbocycles. The van der Waals surface area contributed by atoms with Gasteiger partial charge < -0.3 is 4.74 Å². The van der Waals surface area contributed by atoms with Crippen LogP contribution in [-0.2, 0) is 13.8 Å². The molecule has 0 N–H and O–H groups in total. The van der Waals surface area contributed by atoms with Crippen LogP contribution in [0.25, 0.3) is 0 Å². The van der Waals surface area contributed by atoms with Crippen molar-refractivity contribution in [3.8, 4) is 0 Å². The van der Waals surface area contributed by atoms with Crippen molar-refractivity contribution >= 4 is 53.2 Å². The number of esters is 1. The van der Waals surface area contributed by atoms with E-state index in [1.807, 2.05) is 0 Å². The first kappa shape index (κ1) is 14.8. The third kappa shape index (κ3) is 3.58. The van der Waals surface area contributed by atoms with Crippen LogP contribution >= 0.6 is 38.2 Å². The predicted molar refractivity (Wildman–Crippen MR) is 68.1 cm³/mol. The molecule has 0 spiro atoms. The standard InChI is InChI=1S/C9H7BrCl2O4S/c1-2-16-9(13)6-3-5(11)4-7(10)8(6)17(12,14)15/h3-4H,2H2,1H3. The second-order valence-electron chi connectivity index (χ2n) is 2.92. The zero-order valence-corrected chi connectivity index (χ0v) is 12.5. The Morgan fingerprint density at radius 1 is 1.47 bits per heavy atom. The van der Waals surface area contributed by atoms with Gasteiger partial charge in [0.15, 0.2) is 0 Å². The maximum Gasteiger partial charge on any atom is 0.339 e. The van der Waals surface area contributed by atoms with Crippen molar-refractivity contribution in [2.45, 2.75) is 11.8 Å². The minimum atomic E-state index is -4.08. The van der Waals surface area contributed by atoms with E-state index in [1.165, 1.54) is 12.1 Å². The molecule has 0 bridgehead atoms. The van der Waals surface area contributed by atoms with Gasteiger partial charge in [0.05, 0.1) is 12.2 Å². The summed E-state index contributed by atoms with van der Waals surface area (Å²) in [5, 5.41) is 0.198. The number of hydrogen-bond donors (Lipinski definition) is 0. The summed E-state index contributed by atoms with van der Waals surface area (Å²) in [6, 6.07) is 2.53. The molecule has 94 valence electrons. The zero-order chi connectivity index (χ0) is 13.2. The first-order chi connectivity index (χ1) is 7.77. The molecule has 1 rings (SSSR count). The number of carbonyl (C=O) groups excluding carboxylic acids is 1. The molecule has 4 nitrogen and oxygen atoms in total. The molecule has 0 aliphatic carbocycles. The average Bonchev–Trinajstić information content (AvgIpc) is 2.14. The molecule has 0 amide bonds. The van der Waals surface area contributed by atoms with E-state index in [-0.39, 0.29) is 26.6 Å². The average molecular weight is 362 g/mol. The van der Waals surface area contributed by atoms with Crippen LogP contribution in [0.2, 0.25) is 5.02 Å². The van der Waals surface area contributed by atoms with Crippen LogP contribution in [0.4, 0.5) is 0 Å². The summed E-state index contributed by atoms with van der Waals surface area (Å²) in [6.45, 7) is 1.72. The lowest BCUT2D eigenvalue weighted by Gasteiger charge is -2.08. The lowest BCUT2D eigenvalue weighted by molar-refractivity contribution is 0.0521. The van der Waals surface area contributed by atoms with E-state index in [0.29, 0.717) is 0 Å². The SMILES string of the molecule is CCOC(=O)c1cc(Cl)cc(Br)c1S(=O)(=O)Cl. The Morgan fingerprint density at radius 2 is 2.06 bits per heavy atom. The summed E-state index contributed by atoms with van der Waals surface area (Å²) in [6.07, 6.45) is 0. The van der Waals surface area contributed by atoms with E-state index < -0.39 is 15.0 Å². The number of benzene rings is 1. The second kappa shape index (κ2) is 5.56. The van der Waals surface area contributed by atoms with Gasteiger partial charge in [-0.15, -0.1) is 0 Å². The molecule has 0 aliphatic heterocycles. The zero-order valence-electron chi connectivity index (χ0n) is 8.54. The Hall–Kier alpha value is -0.300. The Bertz CT molecular complexity index is 556. The van der Waals surface area contributed by atoms with Gasteiger partial charge in [-0.05, 0) is 35.0 Å². The summed E-state index contributed by atoms with van der Waals surface area (Å²) in [5.74, 6) is -0.796. The van der Waals surface area contributed by atoms with Crippen LogP contribution < -0.4 is 0 Å². The van der Waals surface area contributed by atoms with E-state index in [0.717, 1.165) is 0 Å². The van der Waals surface area contributed by atoms with Gasteiger partial charge in [0.25, 0.3) is 9.05 Å². The minimum Gasteiger partial charge on any atom is -0.462 e. The maximum absolute atomic E-state index is 11.6. The van der Waals surface area contributed by atoms with Gasteiger partial charge in [0.2, 0.25) is 0 Å². The van der Waals surface area contributed by atoms with E-state index in [1.54, 1.807) is 6.92 Å². The van der Waals surface area contributed by atoms with Crippen LogP contribution in [0.3, 0.4) is 0 Å². The fourth-order valence-electron chi connectivity index (χ4n) is 1.17. The van der Waals surface area contributed by atoms with Crippen molar-refractivity contribution in [2.24, 2.45) is 0 Å². The molecule has 0 aliphatic rings. The van der Waals surface area contributed by atoms with Gasteiger partial charge in [0, 0.05) is 20.2 Å². The van der Waals surface area contributed by atoms with Crippen LogP contribution in [0.15, 0.2) is 21.5 Å². The topological polar surface area (TPSA) is 60.4 Å². The molecule has 0 fully saturated rings. The molecule has 17 heavy (non-hydrogen) atoms. The lowest BCUT2D eigenvalue weighted by atomic mass is 10.2. The summed E-state index contributed by atoms with van der Waals surface area (Å²) in [4.78, 5) is 11.2. The quantitative estimate of drug-likeness (QED) is 0.612. The van der Waals surface area contributed by atoms with E-state index in [2.05, 4.69) is 15.9 Å². The summed E-state index contributed by atoms with van der Waals surface area (Å²) in [5.41, 5.74) is -0.193. The van der Waals surface area contributed by atoms with Gasteiger partial charge in [-0.2, -0.15) is 0 Å². The number of ether oxygens (including phenoxy) is 1.